The summed E-state index contributed by atoms with van der Waals surface area (Å²) in [5.74, 6) is 1.61. The maximum atomic E-state index is 4.59. The monoisotopic (exact) mass is 289 g/mol. The van der Waals surface area contributed by atoms with Gasteiger partial charge in [-0.2, -0.15) is 0 Å². The van der Waals surface area contributed by atoms with Gasteiger partial charge in [0.1, 0.15) is 16.7 Å². The molecule has 3 rings (SSSR count). The molecule has 3 aromatic heterocycles. The van der Waals surface area contributed by atoms with Crippen molar-refractivity contribution in [3.63, 3.8) is 0 Å². The van der Waals surface area contributed by atoms with E-state index in [-0.39, 0.29) is 0 Å². The van der Waals surface area contributed by atoms with Crippen LogP contribution in [0, 0.1) is 6.92 Å². The lowest BCUT2D eigenvalue weighted by Crippen LogP contribution is -2.04. The summed E-state index contributed by atoms with van der Waals surface area (Å²) in [5.41, 5.74) is 0.805. The average molecular weight is 289 g/mol. The Morgan fingerprint density at radius 2 is 2.30 bits per heavy atom. The molecule has 0 saturated carbocycles. The Labute approximate surface area is 120 Å². The van der Waals surface area contributed by atoms with Crippen molar-refractivity contribution in [3.8, 4) is 0 Å². The van der Waals surface area contributed by atoms with Crippen LogP contribution in [0.25, 0.3) is 5.65 Å². The maximum Gasteiger partial charge on any atom is 0.214 e. The Morgan fingerprint density at radius 3 is 3.05 bits per heavy atom. The van der Waals surface area contributed by atoms with Gasteiger partial charge < -0.3 is 9.72 Å². The first-order valence-corrected chi connectivity index (χ1v) is 7.22. The molecule has 8 heteroatoms. The number of hydrogen-bond donors (Lipinski definition) is 2. The van der Waals surface area contributed by atoms with Gasteiger partial charge in [-0.05, 0) is 25.1 Å². The molecule has 0 radical (unpaired) electrons. The number of fused-ring (bicyclic) bond motifs is 1. The Balaban J connectivity index is 1.96. The van der Waals surface area contributed by atoms with Gasteiger partial charge in [0.15, 0.2) is 5.65 Å². The second-order valence-electron chi connectivity index (χ2n) is 4.32. The molecular weight excluding hydrogens is 274 g/mol. The van der Waals surface area contributed by atoms with Gasteiger partial charge in [0.25, 0.3) is 0 Å². The van der Waals surface area contributed by atoms with Crippen molar-refractivity contribution in [2.24, 2.45) is 0 Å². The molecule has 3 aromatic rings. The predicted octanol–water partition coefficient (Wildman–Crippen LogP) is 2.13. The number of aromatic nitrogens is 6. The first-order chi connectivity index (χ1) is 9.76. The number of hydrogen-bond acceptors (Lipinski definition) is 6. The van der Waals surface area contributed by atoms with E-state index < -0.39 is 0 Å². The fourth-order valence-corrected chi connectivity index (χ4v) is 2.60. The zero-order valence-corrected chi connectivity index (χ0v) is 12.1. The zero-order chi connectivity index (χ0) is 13.9. The Hall–Kier alpha value is -2.09. The van der Waals surface area contributed by atoms with E-state index in [9.17, 15) is 0 Å². The number of imidazole rings is 1. The van der Waals surface area contributed by atoms with Crippen molar-refractivity contribution in [1.29, 1.82) is 0 Å². The molecule has 0 amide bonds. The van der Waals surface area contributed by atoms with E-state index in [0.717, 1.165) is 35.3 Å². The molecule has 3 heterocycles. The fraction of sp³-hybridized carbons (Fsp3) is 0.333. The van der Waals surface area contributed by atoms with Crippen LogP contribution in [0.3, 0.4) is 0 Å². The first kappa shape index (κ1) is 12.9. The number of aryl methyl sites for hydroxylation is 1. The lowest BCUT2D eigenvalue weighted by molar-refractivity contribution is 0.937. The van der Waals surface area contributed by atoms with Crippen LogP contribution in [0.5, 0.6) is 0 Å². The predicted molar refractivity (Wildman–Crippen MR) is 77.0 cm³/mol. The summed E-state index contributed by atoms with van der Waals surface area (Å²) < 4.78 is 1.95. The molecule has 0 fully saturated rings. The van der Waals surface area contributed by atoms with Crippen LogP contribution >= 0.6 is 11.8 Å². The molecule has 0 atom stereocenters. The van der Waals surface area contributed by atoms with Gasteiger partial charge in [-0.25, -0.2) is 15.0 Å². The second-order valence-corrected chi connectivity index (χ2v) is 5.28. The third kappa shape index (κ3) is 2.60. The minimum absolute atomic E-state index is 0.646. The third-order valence-electron chi connectivity index (χ3n) is 2.66. The van der Waals surface area contributed by atoms with Gasteiger partial charge in [0.2, 0.25) is 5.16 Å². The van der Waals surface area contributed by atoms with Gasteiger partial charge in [0, 0.05) is 18.9 Å². The Morgan fingerprint density at radius 1 is 1.40 bits per heavy atom. The van der Waals surface area contributed by atoms with Gasteiger partial charge in [-0.15, -0.1) is 5.10 Å². The molecular formula is C12H15N7S. The molecule has 0 saturated heterocycles. The highest BCUT2D eigenvalue weighted by molar-refractivity contribution is 7.99. The SMILES string of the molecule is CCCNc1cn2ccnc2c(Sc2n[nH]c(C)n2)n1. The Kier molecular flexibility index (Phi) is 3.55. The average Bonchev–Trinajstić information content (AvgIpc) is 3.05. The van der Waals surface area contributed by atoms with E-state index >= 15 is 0 Å². The van der Waals surface area contributed by atoms with Crippen LogP contribution in [-0.4, -0.2) is 36.1 Å². The summed E-state index contributed by atoms with van der Waals surface area (Å²) in [6, 6.07) is 0. The number of aromatic amines is 1. The van der Waals surface area contributed by atoms with E-state index in [1.165, 1.54) is 11.8 Å². The fourth-order valence-electron chi connectivity index (χ4n) is 1.76. The smallest absolute Gasteiger partial charge is 0.214 e. The summed E-state index contributed by atoms with van der Waals surface area (Å²) in [7, 11) is 0. The summed E-state index contributed by atoms with van der Waals surface area (Å²) in [5, 5.41) is 11.7. The second kappa shape index (κ2) is 5.49. The largest absolute Gasteiger partial charge is 0.369 e. The van der Waals surface area contributed by atoms with Crippen molar-refractivity contribution in [1.82, 2.24) is 29.5 Å². The lowest BCUT2D eigenvalue weighted by atomic mass is 10.5. The topological polar surface area (TPSA) is 83.8 Å². The highest BCUT2D eigenvalue weighted by atomic mass is 32.2. The highest BCUT2D eigenvalue weighted by Crippen LogP contribution is 2.27. The van der Waals surface area contributed by atoms with Gasteiger partial charge in [-0.3, -0.25) is 5.10 Å². The molecule has 0 aromatic carbocycles. The summed E-state index contributed by atoms with van der Waals surface area (Å²) in [4.78, 5) is 13.2. The summed E-state index contributed by atoms with van der Waals surface area (Å²) in [6.45, 7) is 4.88. The number of nitrogens with one attached hydrogen (secondary N) is 2. The Bertz CT molecular complexity index is 717. The van der Waals surface area contributed by atoms with Crippen LogP contribution in [0.2, 0.25) is 0 Å². The number of nitrogens with zero attached hydrogens (tertiary/aromatic N) is 5. The van der Waals surface area contributed by atoms with E-state index in [2.05, 4.69) is 37.4 Å². The van der Waals surface area contributed by atoms with E-state index in [0.29, 0.717) is 5.16 Å². The quantitative estimate of drug-likeness (QED) is 0.748. The van der Waals surface area contributed by atoms with Crippen LogP contribution in [-0.2, 0) is 0 Å². The molecule has 0 aliphatic carbocycles. The minimum atomic E-state index is 0.646. The molecule has 0 spiro atoms. The van der Waals surface area contributed by atoms with Gasteiger partial charge >= 0.3 is 0 Å². The maximum absolute atomic E-state index is 4.59. The van der Waals surface area contributed by atoms with Gasteiger partial charge in [-0.1, -0.05) is 6.92 Å². The van der Waals surface area contributed by atoms with Crippen LogP contribution < -0.4 is 5.32 Å². The van der Waals surface area contributed by atoms with E-state index in [4.69, 9.17) is 0 Å². The molecule has 20 heavy (non-hydrogen) atoms. The normalized spacial score (nSPS) is 11.1. The van der Waals surface area contributed by atoms with Crippen LogP contribution in [0.4, 0.5) is 5.82 Å². The zero-order valence-electron chi connectivity index (χ0n) is 11.3. The number of rotatable bonds is 5. The first-order valence-electron chi connectivity index (χ1n) is 6.40. The molecule has 104 valence electrons. The lowest BCUT2D eigenvalue weighted by Gasteiger charge is -2.07. The van der Waals surface area contributed by atoms with Crippen molar-refractivity contribution in [2.45, 2.75) is 30.5 Å². The van der Waals surface area contributed by atoms with Crippen molar-refractivity contribution < 1.29 is 0 Å². The number of anilines is 1. The molecule has 7 nitrogen and oxygen atoms in total. The minimum Gasteiger partial charge on any atom is -0.369 e. The third-order valence-corrected chi connectivity index (χ3v) is 3.50. The van der Waals surface area contributed by atoms with Crippen molar-refractivity contribution in [3.05, 3.63) is 24.4 Å². The molecule has 0 aliphatic heterocycles. The molecule has 0 aliphatic rings. The molecule has 2 N–H and O–H groups in total. The van der Waals surface area contributed by atoms with Crippen molar-refractivity contribution in [2.75, 3.05) is 11.9 Å². The standard InChI is InChI=1S/C12H15N7S/c1-3-4-13-9-7-19-6-5-14-10(19)11(16-9)20-12-15-8(2)17-18-12/h5-7,13H,3-4H2,1-2H3,(H,15,17,18). The van der Waals surface area contributed by atoms with E-state index in [1.807, 2.05) is 23.7 Å². The molecule has 0 unspecified atom stereocenters. The summed E-state index contributed by atoms with van der Waals surface area (Å²) >= 11 is 1.40. The molecule has 0 bridgehead atoms. The summed E-state index contributed by atoms with van der Waals surface area (Å²) in [6.07, 6.45) is 6.65. The number of H-pyrrole nitrogens is 1. The highest BCUT2D eigenvalue weighted by Gasteiger charge is 2.11. The van der Waals surface area contributed by atoms with Crippen LogP contribution in [0.15, 0.2) is 28.8 Å². The van der Waals surface area contributed by atoms with Crippen LogP contribution in [0.1, 0.15) is 19.2 Å². The van der Waals surface area contributed by atoms with E-state index in [1.54, 1.807) is 6.20 Å². The van der Waals surface area contributed by atoms with Gasteiger partial charge in [0.05, 0.1) is 6.20 Å². The van der Waals surface area contributed by atoms with Crippen molar-refractivity contribution >= 4 is 23.2 Å².